The number of nitrogens with one attached hydrogen (secondary N) is 1. The van der Waals surface area contributed by atoms with Crippen LogP contribution in [0.1, 0.15) is 45.7 Å². The zero-order chi connectivity index (χ0) is 14.5. The van der Waals surface area contributed by atoms with E-state index in [1.165, 1.54) is 0 Å². The molecule has 0 aliphatic heterocycles. The van der Waals surface area contributed by atoms with Gasteiger partial charge in [0.2, 0.25) is 0 Å². The van der Waals surface area contributed by atoms with Crippen molar-refractivity contribution in [2.24, 2.45) is 0 Å². The predicted octanol–water partition coefficient (Wildman–Crippen LogP) is 4.85. The molecule has 1 aromatic carbocycles. The van der Waals surface area contributed by atoms with Crippen molar-refractivity contribution < 1.29 is 4.74 Å². The van der Waals surface area contributed by atoms with E-state index >= 15 is 0 Å². The number of ether oxygens (including phenoxy) is 1. The van der Waals surface area contributed by atoms with Gasteiger partial charge in [-0.05, 0) is 44.9 Å². The first-order chi connectivity index (χ1) is 8.89. The lowest BCUT2D eigenvalue weighted by molar-refractivity contribution is -0.0107. The highest BCUT2D eigenvalue weighted by molar-refractivity contribution is 6.42. The van der Waals surface area contributed by atoms with Gasteiger partial charge in [-0.2, -0.15) is 0 Å². The average Bonchev–Trinajstić information content (AvgIpc) is 2.34. The summed E-state index contributed by atoms with van der Waals surface area (Å²) in [7, 11) is 0. The van der Waals surface area contributed by atoms with Gasteiger partial charge in [0.1, 0.15) is 0 Å². The van der Waals surface area contributed by atoms with Crippen LogP contribution in [0.15, 0.2) is 18.2 Å². The summed E-state index contributed by atoms with van der Waals surface area (Å²) in [5.74, 6) is 0. The molecule has 0 amide bonds. The van der Waals surface area contributed by atoms with Crippen LogP contribution < -0.4 is 5.32 Å². The van der Waals surface area contributed by atoms with Gasteiger partial charge < -0.3 is 10.1 Å². The number of hydrogen-bond donors (Lipinski definition) is 1. The van der Waals surface area contributed by atoms with Gasteiger partial charge in [-0.25, -0.2) is 0 Å². The van der Waals surface area contributed by atoms with Crippen molar-refractivity contribution in [2.45, 2.75) is 45.8 Å². The third kappa shape index (κ3) is 5.31. The lowest BCUT2D eigenvalue weighted by Gasteiger charge is -2.28. The van der Waals surface area contributed by atoms with E-state index in [-0.39, 0.29) is 11.6 Å². The molecule has 0 aliphatic carbocycles. The molecule has 0 saturated heterocycles. The molecule has 2 nitrogen and oxygen atoms in total. The van der Waals surface area contributed by atoms with Crippen LogP contribution in [0, 0.1) is 0 Å². The molecule has 0 aromatic heterocycles. The molecule has 1 unspecified atom stereocenters. The molecule has 1 atom stereocenters. The van der Waals surface area contributed by atoms with Gasteiger partial charge in [0.25, 0.3) is 0 Å². The molecule has 0 heterocycles. The quantitative estimate of drug-likeness (QED) is 0.777. The predicted molar refractivity (Wildman–Crippen MR) is 83.2 cm³/mol. The highest BCUT2D eigenvalue weighted by atomic mass is 35.5. The molecular formula is C15H23Cl2NO. The molecule has 0 radical (unpaired) electrons. The van der Waals surface area contributed by atoms with Gasteiger partial charge >= 0.3 is 0 Å². The highest BCUT2D eigenvalue weighted by Gasteiger charge is 2.20. The number of benzene rings is 1. The van der Waals surface area contributed by atoms with Crippen LogP contribution in [0.5, 0.6) is 0 Å². The van der Waals surface area contributed by atoms with Crippen molar-refractivity contribution >= 4 is 23.2 Å². The van der Waals surface area contributed by atoms with E-state index in [0.717, 1.165) is 25.1 Å². The zero-order valence-corrected chi connectivity index (χ0v) is 13.6. The molecule has 108 valence electrons. The summed E-state index contributed by atoms with van der Waals surface area (Å²) >= 11 is 12.0. The first-order valence-electron chi connectivity index (χ1n) is 6.72. The van der Waals surface area contributed by atoms with Crippen LogP contribution in [0.3, 0.4) is 0 Å². The summed E-state index contributed by atoms with van der Waals surface area (Å²) in [4.78, 5) is 0. The second-order valence-corrected chi connectivity index (χ2v) is 6.02. The van der Waals surface area contributed by atoms with Gasteiger partial charge in [0, 0.05) is 19.2 Å². The normalized spacial score (nSPS) is 13.6. The third-order valence-electron chi connectivity index (χ3n) is 3.06. The van der Waals surface area contributed by atoms with Crippen molar-refractivity contribution in [3.63, 3.8) is 0 Å². The Kier molecular flexibility index (Phi) is 6.61. The Morgan fingerprint density at radius 1 is 1.21 bits per heavy atom. The fourth-order valence-electron chi connectivity index (χ4n) is 2.04. The molecule has 0 bridgehead atoms. The van der Waals surface area contributed by atoms with Gasteiger partial charge in [0.05, 0.1) is 15.6 Å². The molecule has 1 rings (SSSR count). The minimum atomic E-state index is -0.168. The summed E-state index contributed by atoms with van der Waals surface area (Å²) in [6.45, 7) is 9.85. The fourth-order valence-corrected chi connectivity index (χ4v) is 2.34. The Bertz CT molecular complexity index is 407. The number of rotatable bonds is 7. The molecule has 1 aromatic rings. The second kappa shape index (κ2) is 7.49. The van der Waals surface area contributed by atoms with Crippen LogP contribution in [-0.2, 0) is 4.74 Å². The minimum Gasteiger partial charge on any atom is -0.375 e. The lowest BCUT2D eigenvalue weighted by atomic mass is 10.0. The van der Waals surface area contributed by atoms with Crippen molar-refractivity contribution in [1.82, 2.24) is 5.32 Å². The van der Waals surface area contributed by atoms with Gasteiger partial charge in [-0.15, -0.1) is 0 Å². The third-order valence-corrected chi connectivity index (χ3v) is 3.80. The van der Waals surface area contributed by atoms with Gasteiger partial charge in [-0.1, -0.05) is 36.2 Å². The summed E-state index contributed by atoms with van der Waals surface area (Å²) in [6, 6.07) is 6.05. The van der Waals surface area contributed by atoms with Gasteiger partial charge in [-0.3, -0.25) is 0 Å². The van der Waals surface area contributed by atoms with Crippen molar-refractivity contribution in [3.8, 4) is 0 Å². The van der Waals surface area contributed by atoms with E-state index in [1.807, 2.05) is 25.1 Å². The van der Waals surface area contributed by atoms with Crippen LogP contribution in [0.4, 0.5) is 0 Å². The molecule has 0 spiro atoms. The Hall–Kier alpha value is -0.280. The summed E-state index contributed by atoms with van der Waals surface area (Å²) < 4.78 is 5.69. The first-order valence-corrected chi connectivity index (χ1v) is 7.47. The first kappa shape index (κ1) is 16.8. The average molecular weight is 304 g/mol. The summed E-state index contributed by atoms with van der Waals surface area (Å²) in [6.07, 6.45) is 0.986. The van der Waals surface area contributed by atoms with Crippen molar-refractivity contribution in [3.05, 3.63) is 33.8 Å². The molecule has 0 fully saturated rings. The Labute approximate surface area is 126 Å². The summed E-state index contributed by atoms with van der Waals surface area (Å²) in [5, 5.41) is 4.72. The van der Waals surface area contributed by atoms with E-state index < -0.39 is 0 Å². The maximum absolute atomic E-state index is 6.07. The fraction of sp³-hybridized carbons (Fsp3) is 0.600. The Morgan fingerprint density at radius 2 is 1.89 bits per heavy atom. The SMILES string of the molecule is CCOC(C)(C)CNC(CC)c1ccc(Cl)c(Cl)c1. The lowest BCUT2D eigenvalue weighted by Crippen LogP contribution is -2.39. The second-order valence-electron chi connectivity index (χ2n) is 5.21. The molecule has 0 saturated carbocycles. The topological polar surface area (TPSA) is 21.3 Å². The maximum atomic E-state index is 6.07. The standard InChI is InChI=1S/C15H23Cl2NO/c1-5-14(18-10-15(3,4)19-6-2)11-7-8-12(16)13(17)9-11/h7-9,14,18H,5-6,10H2,1-4H3. The van der Waals surface area contributed by atoms with E-state index in [4.69, 9.17) is 27.9 Å². The number of hydrogen-bond acceptors (Lipinski definition) is 2. The zero-order valence-electron chi connectivity index (χ0n) is 12.1. The van der Waals surface area contributed by atoms with Crippen LogP contribution in [-0.4, -0.2) is 18.8 Å². The van der Waals surface area contributed by atoms with Crippen LogP contribution in [0.2, 0.25) is 10.0 Å². The molecule has 1 N–H and O–H groups in total. The van der Waals surface area contributed by atoms with Crippen LogP contribution >= 0.6 is 23.2 Å². The van der Waals surface area contributed by atoms with E-state index in [1.54, 1.807) is 0 Å². The minimum absolute atomic E-state index is 0.168. The van der Waals surface area contributed by atoms with E-state index in [2.05, 4.69) is 26.1 Å². The summed E-state index contributed by atoms with van der Waals surface area (Å²) in [5.41, 5.74) is 0.988. The van der Waals surface area contributed by atoms with Crippen molar-refractivity contribution in [1.29, 1.82) is 0 Å². The van der Waals surface area contributed by atoms with E-state index in [0.29, 0.717) is 10.0 Å². The smallest absolute Gasteiger partial charge is 0.0750 e. The molecule has 19 heavy (non-hydrogen) atoms. The van der Waals surface area contributed by atoms with Crippen LogP contribution in [0.25, 0.3) is 0 Å². The van der Waals surface area contributed by atoms with E-state index in [9.17, 15) is 0 Å². The maximum Gasteiger partial charge on any atom is 0.0750 e. The number of halogens is 2. The molecular weight excluding hydrogens is 281 g/mol. The largest absolute Gasteiger partial charge is 0.375 e. The molecule has 4 heteroatoms. The molecule has 0 aliphatic rings. The van der Waals surface area contributed by atoms with Crippen molar-refractivity contribution in [2.75, 3.05) is 13.2 Å². The Balaban J connectivity index is 2.70. The highest BCUT2D eigenvalue weighted by Crippen LogP contribution is 2.27. The Morgan fingerprint density at radius 3 is 2.42 bits per heavy atom. The van der Waals surface area contributed by atoms with Gasteiger partial charge in [0.15, 0.2) is 0 Å². The monoisotopic (exact) mass is 303 g/mol.